The lowest BCUT2D eigenvalue weighted by atomic mass is 10.1. The van der Waals surface area contributed by atoms with E-state index in [0.29, 0.717) is 5.56 Å². The molecule has 0 radical (unpaired) electrons. The number of hydrogen-bond acceptors (Lipinski definition) is 3. The third kappa shape index (κ3) is 2.82. The molecular formula is C13H11FN2O4. The largest absolute Gasteiger partial charge is 0.481 e. The predicted octanol–water partition coefficient (Wildman–Crippen LogP) is 1.79. The van der Waals surface area contributed by atoms with Gasteiger partial charge in [-0.1, -0.05) is 12.1 Å². The van der Waals surface area contributed by atoms with Crippen LogP contribution in [0.1, 0.15) is 12.5 Å². The first-order chi connectivity index (χ1) is 9.49. The molecule has 1 aromatic carbocycles. The van der Waals surface area contributed by atoms with Gasteiger partial charge >= 0.3 is 11.9 Å². The van der Waals surface area contributed by atoms with Crippen molar-refractivity contribution in [2.45, 2.75) is 12.5 Å². The molecule has 0 bridgehead atoms. The number of carbonyl (C=O) groups is 2. The van der Waals surface area contributed by atoms with Crippen LogP contribution in [-0.2, 0) is 9.59 Å². The van der Waals surface area contributed by atoms with Crippen molar-refractivity contribution in [2.75, 3.05) is 0 Å². The Bertz CT molecular complexity index is 653. The van der Waals surface area contributed by atoms with Crippen LogP contribution in [0.25, 0.3) is 11.4 Å². The zero-order valence-corrected chi connectivity index (χ0v) is 10.2. The van der Waals surface area contributed by atoms with Crippen LogP contribution in [0.3, 0.4) is 0 Å². The lowest BCUT2D eigenvalue weighted by Crippen LogP contribution is -2.22. The van der Waals surface area contributed by atoms with Gasteiger partial charge in [-0.05, 0) is 12.1 Å². The minimum atomic E-state index is -1.30. The molecule has 0 aliphatic carbocycles. The number of hydrogen-bond donors (Lipinski definition) is 2. The summed E-state index contributed by atoms with van der Waals surface area (Å²) in [6, 6.07) is 4.20. The molecule has 1 aromatic heterocycles. The van der Waals surface area contributed by atoms with Gasteiger partial charge in [-0.2, -0.15) is 0 Å². The van der Waals surface area contributed by atoms with Crippen LogP contribution in [0.4, 0.5) is 4.39 Å². The average Bonchev–Trinajstić information content (AvgIpc) is 2.84. The Labute approximate surface area is 113 Å². The Morgan fingerprint density at radius 3 is 2.70 bits per heavy atom. The lowest BCUT2D eigenvalue weighted by Gasteiger charge is -2.15. The van der Waals surface area contributed by atoms with Gasteiger partial charge in [0.2, 0.25) is 0 Å². The normalized spacial score (nSPS) is 12.1. The van der Waals surface area contributed by atoms with Gasteiger partial charge in [-0.15, -0.1) is 0 Å². The number of benzene rings is 1. The molecule has 0 aliphatic rings. The molecule has 20 heavy (non-hydrogen) atoms. The Morgan fingerprint density at radius 1 is 1.35 bits per heavy atom. The van der Waals surface area contributed by atoms with Gasteiger partial charge in [0.25, 0.3) is 0 Å². The van der Waals surface area contributed by atoms with Crippen LogP contribution in [0, 0.1) is 5.82 Å². The third-order valence-corrected chi connectivity index (χ3v) is 2.74. The lowest BCUT2D eigenvalue weighted by molar-refractivity contribution is -0.147. The van der Waals surface area contributed by atoms with Gasteiger partial charge in [0.1, 0.15) is 17.7 Å². The van der Waals surface area contributed by atoms with E-state index in [1.807, 2.05) is 0 Å². The van der Waals surface area contributed by atoms with Crippen molar-refractivity contribution in [2.24, 2.45) is 0 Å². The van der Waals surface area contributed by atoms with E-state index < -0.39 is 30.2 Å². The molecule has 2 N–H and O–H groups in total. The van der Waals surface area contributed by atoms with Crippen LogP contribution in [0.15, 0.2) is 36.7 Å². The molecule has 1 unspecified atom stereocenters. The zero-order valence-electron chi connectivity index (χ0n) is 10.2. The maximum absolute atomic E-state index is 13.2. The van der Waals surface area contributed by atoms with Gasteiger partial charge in [-0.3, -0.25) is 4.79 Å². The fourth-order valence-corrected chi connectivity index (χ4v) is 1.89. The number of halogens is 1. The molecule has 2 aromatic rings. The molecule has 7 heteroatoms. The average molecular weight is 278 g/mol. The Morgan fingerprint density at radius 2 is 2.10 bits per heavy atom. The number of rotatable bonds is 5. The highest BCUT2D eigenvalue weighted by Gasteiger charge is 2.25. The highest BCUT2D eigenvalue weighted by molar-refractivity contribution is 5.80. The van der Waals surface area contributed by atoms with Crippen LogP contribution in [-0.4, -0.2) is 31.7 Å². The predicted molar refractivity (Wildman–Crippen MR) is 66.5 cm³/mol. The molecule has 0 aliphatic heterocycles. The first kappa shape index (κ1) is 13.7. The van der Waals surface area contributed by atoms with Crippen molar-refractivity contribution in [1.82, 2.24) is 9.55 Å². The molecule has 6 nitrogen and oxygen atoms in total. The smallest absolute Gasteiger partial charge is 0.327 e. The van der Waals surface area contributed by atoms with Crippen molar-refractivity contribution < 1.29 is 24.2 Å². The summed E-state index contributed by atoms with van der Waals surface area (Å²) in [5.74, 6) is -2.81. The standard InChI is InChI=1S/C13H11FN2O4/c14-9-3-1-2-8(6-9)12-15-4-5-16(12)10(13(19)20)7-11(17)18/h1-6,10H,7H2,(H,17,18)(H,19,20). The number of carboxylic acids is 2. The van der Waals surface area contributed by atoms with E-state index in [4.69, 9.17) is 10.2 Å². The van der Waals surface area contributed by atoms with Gasteiger partial charge in [-0.25, -0.2) is 14.2 Å². The number of nitrogens with zero attached hydrogens (tertiary/aromatic N) is 2. The number of aliphatic carboxylic acids is 2. The zero-order chi connectivity index (χ0) is 14.7. The van der Waals surface area contributed by atoms with E-state index in [9.17, 15) is 14.0 Å². The summed E-state index contributed by atoms with van der Waals surface area (Å²) in [6.45, 7) is 0. The fourth-order valence-electron chi connectivity index (χ4n) is 1.89. The molecule has 104 valence electrons. The van der Waals surface area contributed by atoms with Crippen molar-refractivity contribution in [3.05, 3.63) is 42.5 Å². The highest BCUT2D eigenvalue weighted by Crippen LogP contribution is 2.23. The first-order valence-electron chi connectivity index (χ1n) is 5.72. The molecule has 1 heterocycles. The molecule has 0 fully saturated rings. The SMILES string of the molecule is O=C(O)CC(C(=O)O)n1ccnc1-c1cccc(F)c1. The minimum absolute atomic E-state index is 0.207. The second-order valence-corrected chi connectivity index (χ2v) is 4.12. The maximum Gasteiger partial charge on any atom is 0.327 e. The van der Waals surface area contributed by atoms with Gasteiger partial charge in [0.05, 0.1) is 6.42 Å². The molecule has 2 rings (SSSR count). The van der Waals surface area contributed by atoms with Gasteiger partial charge in [0.15, 0.2) is 0 Å². The van der Waals surface area contributed by atoms with Crippen molar-refractivity contribution in [3.63, 3.8) is 0 Å². The summed E-state index contributed by atoms with van der Waals surface area (Å²) >= 11 is 0. The molecule has 1 atom stereocenters. The fraction of sp³-hybridized carbons (Fsp3) is 0.154. The summed E-state index contributed by atoms with van der Waals surface area (Å²) in [6.07, 6.45) is 2.12. The number of aromatic nitrogens is 2. The minimum Gasteiger partial charge on any atom is -0.481 e. The highest BCUT2D eigenvalue weighted by atomic mass is 19.1. The van der Waals surface area contributed by atoms with E-state index in [1.165, 1.54) is 35.2 Å². The van der Waals surface area contributed by atoms with E-state index in [2.05, 4.69) is 4.98 Å². The Kier molecular flexibility index (Phi) is 3.79. The summed E-state index contributed by atoms with van der Waals surface area (Å²) in [5.41, 5.74) is 0.381. The van der Waals surface area contributed by atoms with Gasteiger partial charge in [0, 0.05) is 18.0 Å². The van der Waals surface area contributed by atoms with E-state index in [1.54, 1.807) is 6.07 Å². The van der Waals surface area contributed by atoms with Crippen molar-refractivity contribution >= 4 is 11.9 Å². The maximum atomic E-state index is 13.2. The summed E-state index contributed by atoms with van der Waals surface area (Å²) < 4.78 is 14.4. The molecule has 0 spiro atoms. The van der Waals surface area contributed by atoms with Crippen LogP contribution in [0.5, 0.6) is 0 Å². The second kappa shape index (κ2) is 5.52. The van der Waals surface area contributed by atoms with Crippen molar-refractivity contribution in [1.29, 1.82) is 0 Å². The van der Waals surface area contributed by atoms with E-state index >= 15 is 0 Å². The summed E-state index contributed by atoms with van der Waals surface area (Å²) in [7, 11) is 0. The third-order valence-electron chi connectivity index (χ3n) is 2.74. The quantitative estimate of drug-likeness (QED) is 0.869. The topological polar surface area (TPSA) is 92.4 Å². The van der Waals surface area contributed by atoms with Crippen molar-refractivity contribution in [3.8, 4) is 11.4 Å². The van der Waals surface area contributed by atoms with Gasteiger partial charge < -0.3 is 14.8 Å². The molecular weight excluding hydrogens is 267 g/mol. The monoisotopic (exact) mass is 278 g/mol. The summed E-state index contributed by atoms with van der Waals surface area (Å²) in [4.78, 5) is 25.9. The van der Waals surface area contributed by atoms with Crippen LogP contribution < -0.4 is 0 Å². The molecule has 0 saturated heterocycles. The second-order valence-electron chi connectivity index (χ2n) is 4.12. The van der Waals surface area contributed by atoms with Crippen LogP contribution in [0.2, 0.25) is 0 Å². The number of imidazole rings is 1. The Hall–Kier alpha value is -2.70. The number of carboxylic acid groups (broad SMARTS) is 2. The van der Waals surface area contributed by atoms with E-state index in [0.717, 1.165) is 0 Å². The summed E-state index contributed by atoms with van der Waals surface area (Å²) in [5, 5.41) is 17.9. The van der Waals surface area contributed by atoms with Crippen LogP contribution >= 0.6 is 0 Å². The molecule has 0 saturated carbocycles. The first-order valence-corrected chi connectivity index (χ1v) is 5.72. The Balaban J connectivity index is 2.45. The molecule has 0 amide bonds. The van der Waals surface area contributed by atoms with E-state index in [-0.39, 0.29) is 5.82 Å².